The summed E-state index contributed by atoms with van der Waals surface area (Å²) in [5.41, 5.74) is 4.07. The zero-order valence-electron chi connectivity index (χ0n) is 11.2. The molecule has 0 spiro atoms. The lowest BCUT2D eigenvalue weighted by molar-refractivity contribution is 0.386. The van der Waals surface area contributed by atoms with Gasteiger partial charge in [-0.25, -0.2) is 8.42 Å². The van der Waals surface area contributed by atoms with Gasteiger partial charge in [-0.1, -0.05) is 23.3 Å². The third kappa shape index (κ3) is 2.60. The van der Waals surface area contributed by atoms with E-state index in [0.29, 0.717) is 18.0 Å². The molecule has 3 rings (SSSR count). The third-order valence-corrected chi connectivity index (χ3v) is 5.85. The maximum absolute atomic E-state index is 12.5. The molecular weight excluding hydrogens is 258 g/mol. The van der Waals surface area contributed by atoms with Crippen LogP contribution in [0, 0.1) is 6.92 Å². The lowest BCUT2D eigenvalue weighted by Gasteiger charge is -2.27. The zero-order valence-corrected chi connectivity index (χ0v) is 12.0. The molecule has 1 saturated carbocycles. The minimum atomic E-state index is -3.30. The SMILES string of the molecule is Cc1cccc(S(=O)(=O)N2CCC(=C3CC3)CC2)c1. The van der Waals surface area contributed by atoms with E-state index in [1.165, 1.54) is 18.4 Å². The molecule has 0 amide bonds. The summed E-state index contributed by atoms with van der Waals surface area (Å²) >= 11 is 0. The van der Waals surface area contributed by atoms with Crippen LogP contribution in [0.5, 0.6) is 0 Å². The number of piperidine rings is 1. The Balaban J connectivity index is 1.80. The lowest BCUT2D eigenvalue weighted by Crippen LogP contribution is -2.36. The van der Waals surface area contributed by atoms with Gasteiger partial charge in [0.05, 0.1) is 4.90 Å². The molecule has 0 aromatic heterocycles. The smallest absolute Gasteiger partial charge is 0.207 e. The van der Waals surface area contributed by atoms with Gasteiger partial charge in [0.15, 0.2) is 0 Å². The molecule has 2 aliphatic rings. The van der Waals surface area contributed by atoms with Crippen molar-refractivity contribution in [1.82, 2.24) is 4.31 Å². The molecule has 1 saturated heterocycles. The Morgan fingerprint density at radius 3 is 2.21 bits per heavy atom. The van der Waals surface area contributed by atoms with Crippen molar-refractivity contribution in [3.63, 3.8) is 0 Å². The number of sulfonamides is 1. The number of allylic oxidation sites excluding steroid dienone is 1. The van der Waals surface area contributed by atoms with Gasteiger partial charge in [-0.3, -0.25) is 0 Å². The van der Waals surface area contributed by atoms with Gasteiger partial charge in [0.1, 0.15) is 0 Å². The first-order valence-corrected chi connectivity index (χ1v) is 8.28. The van der Waals surface area contributed by atoms with Crippen molar-refractivity contribution >= 4 is 10.0 Å². The standard InChI is InChI=1S/C15H19NO2S/c1-12-3-2-4-15(11-12)19(17,18)16-9-7-14(8-10-16)13-5-6-13/h2-4,11H,5-10H2,1H3. The van der Waals surface area contributed by atoms with Gasteiger partial charge in [-0.15, -0.1) is 0 Å². The molecule has 0 unspecified atom stereocenters. The Kier molecular flexibility index (Phi) is 3.23. The van der Waals surface area contributed by atoms with Crippen molar-refractivity contribution in [2.75, 3.05) is 13.1 Å². The van der Waals surface area contributed by atoms with Crippen LogP contribution in [0.15, 0.2) is 40.3 Å². The highest BCUT2D eigenvalue weighted by atomic mass is 32.2. The van der Waals surface area contributed by atoms with Crippen LogP contribution in [0.2, 0.25) is 0 Å². The quantitative estimate of drug-likeness (QED) is 0.780. The summed E-state index contributed by atoms with van der Waals surface area (Å²) in [6, 6.07) is 7.18. The van der Waals surface area contributed by atoms with Gasteiger partial charge in [-0.2, -0.15) is 4.31 Å². The molecule has 0 atom stereocenters. The highest BCUT2D eigenvalue weighted by Gasteiger charge is 2.29. The summed E-state index contributed by atoms with van der Waals surface area (Å²) in [4.78, 5) is 0.426. The van der Waals surface area contributed by atoms with E-state index < -0.39 is 10.0 Å². The Morgan fingerprint density at radius 1 is 1.00 bits per heavy atom. The maximum Gasteiger partial charge on any atom is 0.243 e. The minimum absolute atomic E-state index is 0.426. The summed E-state index contributed by atoms with van der Waals surface area (Å²) in [5, 5.41) is 0. The Hall–Kier alpha value is -1.13. The summed E-state index contributed by atoms with van der Waals surface area (Å²) in [6.45, 7) is 3.19. The second kappa shape index (κ2) is 4.76. The lowest BCUT2D eigenvalue weighted by atomic mass is 10.1. The maximum atomic E-state index is 12.5. The normalized spacial score (nSPS) is 20.7. The van der Waals surface area contributed by atoms with Crippen molar-refractivity contribution in [1.29, 1.82) is 0 Å². The van der Waals surface area contributed by atoms with Gasteiger partial charge in [0, 0.05) is 13.1 Å². The average Bonchev–Trinajstić information content (AvgIpc) is 3.23. The Bertz CT molecular complexity index is 615. The van der Waals surface area contributed by atoms with Crippen molar-refractivity contribution in [2.45, 2.75) is 37.5 Å². The number of hydrogen-bond donors (Lipinski definition) is 0. The van der Waals surface area contributed by atoms with Crippen LogP contribution >= 0.6 is 0 Å². The van der Waals surface area contributed by atoms with E-state index in [1.54, 1.807) is 22.0 Å². The van der Waals surface area contributed by atoms with Crippen LogP contribution in [-0.2, 0) is 10.0 Å². The van der Waals surface area contributed by atoms with Gasteiger partial charge < -0.3 is 0 Å². The molecule has 1 aliphatic heterocycles. The molecule has 19 heavy (non-hydrogen) atoms. The fourth-order valence-corrected chi connectivity index (χ4v) is 4.24. The topological polar surface area (TPSA) is 37.4 Å². The number of nitrogens with zero attached hydrogens (tertiary/aromatic N) is 1. The molecule has 1 aromatic rings. The molecule has 1 heterocycles. The molecule has 1 aromatic carbocycles. The molecule has 0 N–H and O–H groups in total. The predicted molar refractivity (Wildman–Crippen MR) is 75.4 cm³/mol. The fraction of sp³-hybridized carbons (Fsp3) is 0.467. The van der Waals surface area contributed by atoms with Crippen LogP contribution in [0.3, 0.4) is 0 Å². The zero-order chi connectivity index (χ0) is 13.5. The minimum Gasteiger partial charge on any atom is -0.207 e. The largest absolute Gasteiger partial charge is 0.243 e. The molecular formula is C15H19NO2S. The van der Waals surface area contributed by atoms with Crippen molar-refractivity contribution in [3.05, 3.63) is 41.0 Å². The number of aryl methyl sites for hydroxylation is 1. The summed E-state index contributed by atoms with van der Waals surface area (Å²) in [5.74, 6) is 0. The van der Waals surface area contributed by atoms with Crippen LogP contribution in [-0.4, -0.2) is 25.8 Å². The van der Waals surface area contributed by atoms with E-state index in [2.05, 4.69) is 0 Å². The molecule has 4 heteroatoms. The van der Waals surface area contributed by atoms with Crippen LogP contribution < -0.4 is 0 Å². The van der Waals surface area contributed by atoms with E-state index in [4.69, 9.17) is 0 Å². The van der Waals surface area contributed by atoms with Gasteiger partial charge >= 0.3 is 0 Å². The molecule has 0 bridgehead atoms. The molecule has 102 valence electrons. The summed E-state index contributed by atoms with van der Waals surface area (Å²) in [7, 11) is -3.30. The van der Waals surface area contributed by atoms with Crippen molar-refractivity contribution in [2.24, 2.45) is 0 Å². The van der Waals surface area contributed by atoms with Crippen LogP contribution in [0.4, 0.5) is 0 Å². The molecule has 3 nitrogen and oxygen atoms in total. The second-order valence-corrected chi connectivity index (χ2v) is 7.37. The van der Waals surface area contributed by atoms with Gasteiger partial charge in [0.25, 0.3) is 0 Å². The van der Waals surface area contributed by atoms with Crippen LogP contribution in [0.1, 0.15) is 31.2 Å². The average molecular weight is 277 g/mol. The number of benzene rings is 1. The first-order valence-electron chi connectivity index (χ1n) is 6.84. The van der Waals surface area contributed by atoms with Gasteiger partial charge in [0.2, 0.25) is 10.0 Å². The monoisotopic (exact) mass is 277 g/mol. The van der Waals surface area contributed by atoms with E-state index in [1.807, 2.05) is 19.1 Å². The fourth-order valence-electron chi connectivity index (χ4n) is 2.69. The molecule has 2 fully saturated rings. The van der Waals surface area contributed by atoms with Crippen molar-refractivity contribution < 1.29 is 8.42 Å². The second-order valence-electron chi connectivity index (χ2n) is 5.43. The highest BCUT2D eigenvalue weighted by Crippen LogP contribution is 2.36. The van der Waals surface area contributed by atoms with E-state index in [0.717, 1.165) is 18.4 Å². The third-order valence-electron chi connectivity index (χ3n) is 3.95. The Morgan fingerprint density at radius 2 is 1.63 bits per heavy atom. The first-order chi connectivity index (χ1) is 9.07. The first kappa shape index (κ1) is 12.9. The predicted octanol–water partition coefficient (Wildman–Crippen LogP) is 2.87. The molecule has 0 radical (unpaired) electrons. The molecule has 1 aliphatic carbocycles. The van der Waals surface area contributed by atoms with Crippen LogP contribution in [0.25, 0.3) is 0 Å². The van der Waals surface area contributed by atoms with E-state index >= 15 is 0 Å². The van der Waals surface area contributed by atoms with E-state index in [9.17, 15) is 8.42 Å². The number of hydrogen-bond acceptors (Lipinski definition) is 2. The highest BCUT2D eigenvalue weighted by molar-refractivity contribution is 7.89. The van der Waals surface area contributed by atoms with E-state index in [-0.39, 0.29) is 0 Å². The van der Waals surface area contributed by atoms with Crippen molar-refractivity contribution in [3.8, 4) is 0 Å². The number of rotatable bonds is 2. The summed E-state index contributed by atoms with van der Waals surface area (Å²) in [6.07, 6.45) is 4.31. The summed E-state index contributed by atoms with van der Waals surface area (Å²) < 4.78 is 26.7. The van der Waals surface area contributed by atoms with Gasteiger partial charge in [-0.05, 0) is 50.3 Å². The Labute approximate surface area is 115 Å².